The van der Waals surface area contributed by atoms with Gasteiger partial charge in [-0.1, -0.05) is 6.07 Å². The number of ether oxygens (including phenoxy) is 2. The number of esters is 1. The minimum atomic E-state index is -1.18. The molecule has 1 aromatic rings. The standard InChI is InChI=1S/C21H29N3O6/c1-12-7-8-16(29-6)15(9-12)24-11-14(10-17(24)25)19(27)30-13(2)18(26)22-20(28)23-21(3,4)5/h7-9,13-14H,10-11H2,1-6H3,(H2,22,23,26,28)/t13-,14+/m1/s1. The topological polar surface area (TPSA) is 114 Å². The molecule has 2 atom stereocenters. The van der Waals surface area contributed by atoms with E-state index in [2.05, 4.69) is 10.6 Å². The lowest BCUT2D eigenvalue weighted by Crippen LogP contribution is -2.50. The number of imide groups is 1. The van der Waals surface area contributed by atoms with E-state index in [0.29, 0.717) is 11.4 Å². The Morgan fingerprint density at radius 2 is 1.90 bits per heavy atom. The zero-order chi connectivity index (χ0) is 22.6. The normalized spacial score (nSPS) is 17.3. The molecule has 0 radical (unpaired) electrons. The fourth-order valence-corrected chi connectivity index (χ4v) is 3.02. The summed E-state index contributed by atoms with van der Waals surface area (Å²) in [5, 5.41) is 4.72. The molecule has 30 heavy (non-hydrogen) atoms. The van der Waals surface area contributed by atoms with Gasteiger partial charge in [-0.15, -0.1) is 0 Å². The highest BCUT2D eigenvalue weighted by atomic mass is 16.5. The SMILES string of the molecule is COc1ccc(C)cc1N1C[C@@H](C(=O)O[C@H](C)C(=O)NC(=O)NC(C)(C)C)CC1=O. The third-order valence-corrected chi connectivity index (χ3v) is 4.47. The summed E-state index contributed by atoms with van der Waals surface area (Å²) in [5.74, 6) is -1.84. The highest BCUT2D eigenvalue weighted by molar-refractivity contribution is 6.01. The molecule has 0 spiro atoms. The summed E-state index contributed by atoms with van der Waals surface area (Å²) in [4.78, 5) is 50.4. The molecule has 0 bridgehead atoms. The minimum absolute atomic E-state index is 0.0330. The zero-order valence-corrected chi connectivity index (χ0v) is 18.2. The van der Waals surface area contributed by atoms with Crippen LogP contribution in [0.4, 0.5) is 10.5 Å². The molecule has 1 aromatic carbocycles. The van der Waals surface area contributed by atoms with Gasteiger partial charge in [0, 0.05) is 18.5 Å². The molecule has 2 rings (SSSR count). The van der Waals surface area contributed by atoms with E-state index in [1.54, 1.807) is 26.8 Å². The number of hydrogen-bond donors (Lipinski definition) is 2. The molecule has 1 aliphatic heterocycles. The van der Waals surface area contributed by atoms with Crippen LogP contribution >= 0.6 is 0 Å². The van der Waals surface area contributed by atoms with Crippen LogP contribution in [-0.4, -0.2) is 49.1 Å². The molecule has 1 heterocycles. The number of hydrogen-bond acceptors (Lipinski definition) is 6. The molecule has 4 amide bonds. The number of nitrogens with zero attached hydrogens (tertiary/aromatic N) is 1. The molecule has 164 valence electrons. The lowest BCUT2D eigenvalue weighted by Gasteiger charge is -2.22. The van der Waals surface area contributed by atoms with Crippen LogP contribution in [0.15, 0.2) is 18.2 Å². The fourth-order valence-electron chi connectivity index (χ4n) is 3.02. The number of benzene rings is 1. The van der Waals surface area contributed by atoms with Gasteiger partial charge in [-0.05, 0) is 52.3 Å². The van der Waals surface area contributed by atoms with Crippen molar-refractivity contribution in [2.45, 2.75) is 52.7 Å². The van der Waals surface area contributed by atoms with Gasteiger partial charge in [-0.25, -0.2) is 4.79 Å². The predicted molar refractivity (Wildman–Crippen MR) is 110 cm³/mol. The van der Waals surface area contributed by atoms with Crippen molar-refractivity contribution in [2.75, 3.05) is 18.6 Å². The van der Waals surface area contributed by atoms with Gasteiger partial charge in [0.25, 0.3) is 5.91 Å². The average molecular weight is 419 g/mol. The summed E-state index contributed by atoms with van der Waals surface area (Å²) in [7, 11) is 1.51. The molecule has 9 nitrogen and oxygen atoms in total. The Hall–Kier alpha value is -3.10. The second-order valence-electron chi connectivity index (χ2n) is 8.35. The Morgan fingerprint density at radius 3 is 2.50 bits per heavy atom. The van der Waals surface area contributed by atoms with E-state index >= 15 is 0 Å². The number of urea groups is 1. The van der Waals surface area contributed by atoms with Gasteiger partial charge >= 0.3 is 12.0 Å². The van der Waals surface area contributed by atoms with Crippen molar-refractivity contribution in [3.8, 4) is 5.75 Å². The van der Waals surface area contributed by atoms with E-state index < -0.39 is 35.5 Å². The van der Waals surface area contributed by atoms with E-state index in [0.717, 1.165) is 5.56 Å². The minimum Gasteiger partial charge on any atom is -0.495 e. The number of rotatable bonds is 5. The summed E-state index contributed by atoms with van der Waals surface area (Å²) < 4.78 is 10.5. The van der Waals surface area contributed by atoms with Crippen molar-refractivity contribution in [3.05, 3.63) is 23.8 Å². The van der Waals surface area contributed by atoms with Crippen LogP contribution in [0.25, 0.3) is 0 Å². The van der Waals surface area contributed by atoms with Crippen LogP contribution in [0.3, 0.4) is 0 Å². The first kappa shape index (κ1) is 23.2. The molecule has 0 aliphatic carbocycles. The van der Waals surface area contributed by atoms with Crippen LogP contribution in [0.1, 0.15) is 39.7 Å². The molecule has 0 aromatic heterocycles. The van der Waals surface area contributed by atoms with E-state index in [4.69, 9.17) is 9.47 Å². The highest BCUT2D eigenvalue weighted by Crippen LogP contribution is 2.34. The van der Waals surface area contributed by atoms with Gasteiger partial charge in [0.2, 0.25) is 5.91 Å². The molecular formula is C21H29N3O6. The maximum atomic E-state index is 12.5. The molecule has 0 unspecified atom stereocenters. The van der Waals surface area contributed by atoms with Gasteiger partial charge in [0.15, 0.2) is 6.10 Å². The second kappa shape index (κ2) is 9.15. The van der Waals surface area contributed by atoms with Gasteiger partial charge in [-0.2, -0.15) is 0 Å². The summed E-state index contributed by atoms with van der Waals surface area (Å²) in [6.45, 7) is 8.70. The fraction of sp³-hybridized carbons (Fsp3) is 0.524. The van der Waals surface area contributed by atoms with Gasteiger partial charge in [0.1, 0.15) is 5.75 Å². The van der Waals surface area contributed by atoms with Crippen molar-refractivity contribution in [1.29, 1.82) is 0 Å². The van der Waals surface area contributed by atoms with E-state index in [-0.39, 0.29) is 18.9 Å². The number of amides is 4. The van der Waals surface area contributed by atoms with E-state index in [1.165, 1.54) is 18.9 Å². The molecule has 9 heteroatoms. The summed E-state index contributed by atoms with van der Waals surface area (Å²) in [6.07, 6.45) is -1.21. The second-order valence-corrected chi connectivity index (χ2v) is 8.35. The van der Waals surface area contributed by atoms with Crippen LogP contribution < -0.4 is 20.3 Å². The van der Waals surface area contributed by atoms with E-state index in [1.807, 2.05) is 19.1 Å². The van der Waals surface area contributed by atoms with Crippen molar-refractivity contribution in [3.63, 3.8) is 0 Å². The van der Waals surface area contributed by atoms with Gasteiger partial charge in [0.05, 0.1) is 18.7 Å². The predicted octanol–water partition coefficient (Wildman–Crippen LogP) is 1.91. The Balaban J connectivity index is 1.98. The largest absolute Gasteiger partial charge is 0.495 e. The Labute approximate surface area is 176 Å². The first-order valence-electron chi connectivity index (χ1n) is 9.69. The number of carbonyl (C=O) groups is 4. The summed E-state index contributed by atoms with van der Waals surface area (Å²) in [5.41, 5.74) is 1.01. The van der Waals surface area contributed by atoms with Gasteiger partial charge in [-0.3, -0.25) is 19.7 Å². The number of aryl methyl sites for hydroxylation is 1. The smallest absolute Gasteiger partial charge is 0.321 e. The van der Waals surface area contributed by atoms with Crippen LogP contribution in [-0.2, 0) is 19.1 Å². The van der Waals surface area contributed by atoms with Crippen LogP contribution in [0.2, 0.25) is 0 Å². The number of nitrogens with one attached hydrogen (secondary N) is 2. The van der Waals surface area contributed by atoms with Crippen molar-refractivity contribution in [2.24, 2.45) is 5.92 Å². The van der Waals surface area contributed by atoms with Crippen LogP contribution in [0.5, 0.6) is 5.75 Å². The first-order valence-corrected chi connectivity index (χ1v) is 9.69. The molecule has 1 saturated heterocycles. The monoisotopic (exact) mass is 419 g/mol. The number of methoxy groups -OCH3 is 1. The highest BCUT2D eigenvalue weighted by Gasteiger charge is 2.38. The summed E-state index contributed by atoms with van der Waals surface area (Å²) >= 11 is 0. The molecule has 1 aliphatic rings. The van der Waals surface area contributed by atoms with Crippen molar-refractivity contribution >= 4 is 29.5 Å². The third kappa shape index (κ3) is 5.95. The molecule has 0 saturated carbocycles. The summed E-state index contributed by atoms with van der Waals surface area (Å²) in [6, 6.07) is 4.77. The average Bonchev–Trinajstić information content (AvgIpc) is 3.01. The molecule has 2 N–H and O–H groups in total. The lowest BCUT2D eigenvalue weighted by atomic mass is 10.1. The maximum absolute atomic E-state index is 12.5. The zero-order valence-electron chi connectivity index (χ0n) is 18.2. The number of anilines is 1. The van der Waals surface area contributed by atoms with Gasteiger partial charge < -0.3 is 19.7 Å². The lowest BCUT2D eigenvalue weighted by molar-refractivity contribution is -0.158. The first-order chi connectivity index (χ1) is 13.9. The Bertz CT molecular complexity index is 846. The maximum Gasteiger partial charge on any atom is 0.321 e. The van der Waals surface area contributed by atoms with Crippen molar-refractivity contribution in [1.82, 2.24) is 10.6 Å². The third-order valence-electron chi connectivity index (χ3n) is 4.47. The Kier molecular flexibility index (Phi) is 7.07. The molecular weight excluding hydrogens is 390 g/mol. The quantitative estimate of drug-likeness (QED) is 0.705. The van der Waals surface area contributed by atoms with Crippen molar-refractivity contribution < 1.29 is 28.7 Å². The number of carbonyl (C=O) groups excluding carboxylic acids is 4. The van der Waals surface area contributed by atoms with Crippen LogP contribution in [0, 0.1) is 12.8 Å². The molecule has 1 fully saturated rings. The van der Waals surface area contributed by atoms with E-state index in [9.17, 15) is 19.2 Å². The Morgan fingerprint density at radius 1 is 1.23 bits per heavy atom.